The minimum atomic E-state index is -1.90. The monoisotopic (exact) mass is 390 g/mol. The molecule has 3 aliphatic rings. The summed E-state index contributed by atoms with van der Waals surface area (Å²) in [5.41, 5.74) is 1.18. The first-order valence-corrected chi connectivity index (χ1v) is 13.3. The van der Waals surface area contributed by atoms with E-state index in [1.165, 1.54) is 5.57 Å². The fourth-order valence-corrected chi connectivity index (χ4v) is 6.04. The molecule has 27 heavy (non-hydrogen) atoms. The number of allylic oxidation sites excluding steroid dienone is 3. The lowest BCUT2D eigenvalue weighted by molar-refractivity contribution is -0.160. The van der Waals surface area contributed by atoms with Crippen molar-refractivity contribution in [2.75, 3.05) is 13.2 Å². The minimum absolute atomic E-state index is 0.0740. The van der Waals surface area contributed by atoms with Gasteiger partial charge in [0.1, 0.15) is 0 Å². The Labute approximate surface area is 167 Å². The highest BCUT2D eigenvalue weighted by Crippen LogP contribution is 2.56. The zero-order valence-corrected chi connectivity index (χ0v) is 19.1. The van der Waals surface area contributed by atoms with E-state index in [4.69, 9.17) is 13.9 Å². The molecule has 3 rings (SSSR count). The highest BCUT2D eigenvalue weighted by Gasteiger charge is 2.55. The van der Waals surface area contributed by atoms with Gasteiger partial charge < -0.3 is 13.9 Å². The second-order valence-corrected chi connectivity index (χ2v) is 15.1. The molecule has 1 aliphatic heterocycles. The van der Waals surface area contributed by atoms with E-state index in [9.17, 15) is 0 Å². The Balaban J connectivity index is 1.98. The first kappa shape index (κ1) is 21.0. The predicted molar refractivity (Wildman–Crippen MR) is 114 cm³/mol. The van der Waals surface area contributed by atoms with Crippen LogP contribution in [-0.4, -0.2) is 33.4 Å². The van der Waals surface area contributed by atoms with Crippen molar-refractivity contribution in [1.82, 2.24) is 0 Å². The maximum Gasteiger partial charge on any atom is 0.192 e. The van der Waals surface area contributed by atoms with Crippen LogP contribution in [0.25, 0.3) is 0 Å². The predicted octanol–water partition coefficient (Wildman–Crippen LogP) is 5.85. The van der Waals surface area contributed by atoms with Gasteiger partial charge in [-0.15, -0.1) is 6.58 Å². The van der Waals surface area contributed by atoms with Crippen molar-refractivity contribution in [2.45, 2.75) is 77.0 Å². The fourth-order valence-electron chi connectivity index (χ4n) is 4.67. The van der Waals surface area contributed by atoms with Crippen molar-refractivity contribution >= 4 is 8.32 Å². The van der Waals surface area contributed by atoms with Crippen LogP contribution in [0.5, 0.6) is 0 Å². The van der Waals surface area contributed by atoms with Gasteiger partial charge in [0.15, 0.2) is 14.1 Å². The molecular formula is C23H38O3Si. The van der Waals surface area contributed by atoms with Crippen LogP contribution in [0.3, 0.4) is 0 Å². The van der Waals surface area contributed by atoms with Crippen molar-refractivity contribution in [1.29, 1.82) is 0 Å². The van der Waals surface area contributed by atoms with Gasteiger partial charge in [-0.25, -0.2) is 0 Å². The Bertz CT molecular complexity index is 624. The van der Waals surface area contributed by atoms with Crippen molar-refractivity contribution in [2.24, 2.45) is 17.3 Å². The number of hydrogen-bond donors (Lipinski definition) is 0. The maximum absolute atomic E-state index is 7.03. The van der Waals surface area contributed by atoms with Gasteiger partial charge in [0, 0.05) is 23.9 Å². The zero-order chi connectivity index (χ0) is 20.1. The second kappa shape index (κ2) is 6.98. The molecular weight excluding hydrogens is 352 g/mol. The molecule has 0 N–H and O–H groups in total. The zero-order valence-electron chi connectivity index (χ0n) is 18.1. The molecule has 152 valence electrons. The van der Waals surface area contributed by atoms with Crippen molar-refractivity contribution in [3.63, 3.8) is 0 Å². The lowest BCUT2D eigenvalue weighted by Crippen LogP contribution is -2.55. The van der Waals surface area contributed by atoms with Crippen LogP contribution in [0.4, 0.5) is 0 Å². The normalized spacial score (nSPS) is 35.9. The summed E-state index contributed by atoms with van der Waals surface area (Å²) in [6.45, 7) is 23.6. The number of ether oxygens (including phenoxy) is 2. The molecule has 0 radical (unpaired) electrons. The van der Waals surface area contributed by atoms with E-state index in [0.717, 1.165) is 19.3 Å². The van der Waals surface area contributed by atoms with Crippen LogP contribution in [0.2, 0.25) is 18.1 Å². The summed E-state index contributed by atoms with van der Waals surface area (Å²) in [4.78, 5) is 0. The number of rotatable bonds is 4. The largest absolute Gasteiger partial charge is 0.414 e. The molecule has 1 saturated carbocycles. The smallest absolute Gasteiger partial charge is 0.192 e. The summed E-state index contributed by atoms with van der Waals surface area (Å²) in [7, 11) is -1.90. The Hall–Kier alpha value is -0.683. The fraction of sp³-hybridized carbons (Fsp3) is 0.739. The Morgan fingerprint density at radius 2 is 1.81 bits per heavy atom. The highest BCUT2D eigenvalue weighted by molar-refractivity contribution is 6.74. The van der Waals surface area contributed by atoms with Crippen molar-refractivity contribution in [3.05, 3.63) is 37.0 Å². The van der Waals surface area contributed by atoms with E-state index >= 15 is 0 Å². The molecule has 0 bridgehead atoms. The molecule has 2 aliphatic carbocycles. The number of fused-ring (bicyclic) bond motifs is 1. The third-order valence-electron chi connectivity index (χ3n) is 7.51. The molecule has 0 amide bonds. The molecule has 2 fully saturated rings. The summed E-state index contributed by atoms with van der Waals surface area (Å²) in [5.74, 6) is 0.211. The van der Waals surface area contributed by atoms with Gasteiger partial charge >= 0.3 is 0 Å². The molecule has 4 unspecified atom stereocenters. The van der Waals surface area contributed by atoms with Gasteiger partial charge in [0.05, 0.1) is 13.2 Å². The van der Waals surface area contributed by atoms with E-state index in [-0.39, 0.29) is 16.6 Å². The number of hydrogen-bond acceptors (Lipinski definition) is 3. The topological polar surface area (TPSA) is 27.7 Å². The van der Waals surface area contributed by atoms with Crippen LogP contribution in [0.15, 0.2) is 37.0 Å². The van der Waals surface area contributed by atoms with Crippen molar-refractivity contribution < 1.29 is 13.9 Å². The molecule has 4 atom stereocenters. The molecule has 1 spiro atoms. The van der Waals surface area contributed by atoms with Crippen molar-refractivity contribution in [3.8, 4) is 0 Å². The van der Waals surface area contributed by atoms with Gasteiger partial charge in [-0.2, -0.15) is 0 Å². The van der Waals surface area contributed by atoms with Crippen LogP contribution >= 0.6 is 0 Å². The van der Waals surface area contributed by atoms with E-state index in [1.807, 2.05) is 0 Å². The van der Waals surface area contributed by atoms with Gasteiger partial charge in [-0.3, -0.25) is 0 Å². The first-order valence-electron chi connectivity index (χ1n) is 10.4. The molecule has 1 heterocycles. The van der Waals surface area contributed by atoms with E-state index < -0.39 is 14.1 Å². The summed E-state index contributed by atoms with van der Waals surface area (Å²) < 4.78 is 19.1. The third kappa shape index (κ3) is 3.78. The summed E-state index contributed by atoms with van der Waals surface area (Å²) in [5, 5.41) is 0.183. The Morgan fingerprint density at radius 3 is 2.33 bits per heavy atom. The van der Waals surface area contributed by atoms with E-state index in [1.54, 1.807) is 0 Å². The maximum atomic E-state index is 7.03. The lowest BCUT2D eigenvalue weighted by Gasteiger charge is -2.54. The summed E-state index contributed by atoms with van der Waals surface area (Å²) in [6.07, 6.45) is 9.70. The van der Waals surface area contributed by atoms with Gasteiger partial charge in [-0.05, 0) is 49.9 Å². The Kier molecular flexibility index (Phi) is 5.44. The summed E-state index contributed by atoms with van der Waals surface area (Å²) >= 11 is 0. The third-order valence-corrected chi connectivity index (χ3v) is 12.0. The average Bonchev–Trinajstić information content (AvgIpc) is 3.02. The average molecular weight is 391 g/mol. The molecule has 0 aromatic carbocycles. The first-order chi connectivity index (χ1) is 12.4. The minimum Gasteiger partial charge on any atom is -0.414 e. The molecule has 0 aromatic rings. The molecule has 0 aromatic heterocycles. The van der Waals surface area contributed by atoms with Crippen LogP contribution < -0.4 is 0 Å². The highest BCUT2D eigenvalue weighted by atomic mass is 28.4. The van der Waals surface area contributed by atoms with E-state index in [0.29, 0.717) is 25.0 Å². The SMILES string of the molecule is C=CC12C=CC3(CC1C(O[Si](C)(C)C(C)(C)C)CC(C(=C)C)C2)OCCO3. The standard InChI is InChI=1S/C23H38O3Si/c1-9-22-10-11-23(24-12-13-25-23)16-19(22)20(14-18(15-22)17(2)3)26-27(7,8)21(4,5)6/h9-11,18-20H,1-2,12-16H2,3-8H3. The second-order valence-electron chi connectivity index (χ2n) is 10.4. The van der Waals surface area contributed by atoms with Crippen LogP contribution in [-0.2, 0) is 13.9 Å². The van der Waals surface area contributed by atoms with Gasteiger partial charge in [-0.1, -0.05) is 45.1 Å². The summed E-state index contributed by atoms with van der Waals surface area (Å²) in [6, 6.07) is 0. The lowest BCUT2D eigenvalue weighted by atomic mass is 9.57. The van der Waals surface area contributed by atoms with E-state index in [2.05, 4.69) is 72.2 Å². The van der Waals surface area contributed by atoms with Gasteiger partial charge in [0.2, 0.25) is 0 Å². The Morgan fingerprint density at radius 1 is 1.19 bits per heavy atom. The molecule has 1 saturated heterocycles. The molecule has 4 heteroatoms. The van der Waals surface area contributed by atoms with Crippen LogP contribution in [0, 0.1) is 17.3 Å². The van der Waals surface area contributed by atoms with Gasteiger partial charge in [0.25, 0.3) is 0 Å². The van der Waals surface area contributed by atoms with Crippen LogP contribution in [0.1, 0.15) is 47.0 Å². The molecule has 3 nitrogen and oxygen atoms in total. The quantitative estimate of drug-likeness (QED) is 0.445.